The van der Waals surface area contributed by atoms with E-state index in [1.807, 2.05) is 25.1 Å². The monoisotopic (exact) mass is 271 g/mol. The van der Waals surface area contributed by atoms with Gasteiger partial charge in [0.2, 0.25) is 0 Å². The van der Waals surface area contributed by atoms with Crippen LogP contribution in [-0.2, 0) is 6.42 Å². The van der Waals surface area contributed by atoms with Crippen LogP contribution in [0.3, 0.4) is 0 Å². The lowest BCUT2D eigenvalue weighted by molar-refractivity contribution is 0.629. The van der Waals surface area contributed by atoms with Crippen LogP contribution in [-0.4, -0.2) is 0 Å². The fraction of sp³-hybridized carbons (Fsp3) is 0.333. The first-order valence-electron chi connectivity index (χ1n) is 7.11. The molecule has 0 radical (unpaired) electrons. The number of rotatable bonds is 4. The Kier molecular flexibility index (Phi) is 4.56. The number of hydrogen-bond donors (Lipinski definition) is 1. The first-order chi connectivity index (χ1) is 9.47. The standard InChI is InChI=1S/C18H22FN/c1-12(2)9-14-5-4-6-16(10-14)17-11-15(13(3)20)7-8-18(17)19/h4-8,10-13H,9,20H2,1-3H3. The highest BCUT2D eigenvalue weighted by Gasteiger charge is 2.09. The summed E-state index contributed by atoms with van der Waals surface area (Å²) >= 11 is 0. The third-order valence-corrected chi connectivity index (χ3v) is 3.40. The Bertz CT molecular complexity index is 588. The Morgan fingerprint density at radius 2 is 1.80 bits per heavy atom. The first-order valence-corrected chi connectivity index (χ1v) is 7.11. The summed E-state index contributed by atoms with van der Waals surface area (Å²) in [4.78, 5) is 0. The van der Waals surface area contributed by atoms with Crippen molar-refractivity contribution < 1.29 is 4.39 Å². The zero-order valence-electron chi connectivity index (χ0n) is 12.4. The van der Waals surface area contributed by atoms with Crippen LogP contribution in [0.4, 0.5) is 4.39 Å². The normalized spacial score (nSPS) is 12.7. The molecular formula is C18H22FN. The van der Waals surface area contributed by atoms with E-state index in [0.29, 0.717) is 11.5 Å². The molecule has 0 fully saturated rings. The van der Waals surface area contributed by atoms with Crippen molar-refractivity contribution in [3.05, 3.63) is 59.4 Å². The lowest BCUT2D eigenvalue weighted by Gasteiger charge is -2.11. The van der Waals surface area contributed by atoms with Gasteiger partial charge in [-0.2, -0.15) is 0 Å². The molecular weight excluding hydrogens is 249 g/mol. The molecule has 1 atom stereocenters. The zero-order valence-corrected chi connectivity index (χ0v) is 12.4. The molecule has 0 aliphatic carbocycles. The van der Waals surface area contributed by atoms with Crippen molar-refractivity contribution in [2.75, 3.05) is 0 Å². The van der Waals surface area contributed by atoms with Crippen LogP contribution >= 0.6 is 0 Å². The van der Waals surface area contributed by atoms with Gasteiger partial charge in [0.15, 0.2) is 0 Å². The minimum Gasteiger partial charge on any atom is -0.324 e. The zero-order chi connectivity index (χ0) is 14.7. The molecule has 0 heterocycles. The van der Waals surface area contributed by atoms with Gasteiger partial charge >= 0.3 is 0 Å². The molecule has 2 rings (SSSR count). The Hall–Kier alpha value is -1.67. The van der Waals surface area contributed by atoms with E-state index in [-0.39, 0.29) is 11.9 Å². The van der Waals surface area contributed by atoms with Gasteiger partial charge in [-0.1, -0.05) is 44.2 Å². The molecule has 0 bridgehead atoms. The summed E-state index contributed by atoms with van der Waals surface area (Å²) in [6.07, 6.45) is 1.00. The molecule has 0 aliphatic rings. The third-order valence-electron chi connectivity index (χ3n) is 3.40. The Morgan fingerprint density at radius 1 is 1.05 bits per heavy atom. The topological polar surface area (TPSA) is 26.0 Å². The predicted molar refractivity (Wildman–Crippen MR) is 83.0 cm³/mol. The lowest BCUT2D eigenvalue weighted by atomic mass is 9.96. The van der Waals surface area contributed by atoms with Crippen LogP contribution in [0.1, 0.15) is 37.9 Å². The summed E-state index contributed by atoms with van der Waals surface area (Å²) in [7, 11) is 0. The molecule has 0 amide bonds. The quantitative estimate of drug-likeness (QED) is 0.856. The van der Waals surface area contributed by atoms with Crippen molar-refractivity contribution in [1.82, 2.24) is 0 Å². The van der Waals surface area contributed by atoms with Gasteiger partial charge in [-0.15, -0.1) is 0 Å². The number of hydrogen-bond acceptors (Lipinski definition) is 1. The maximum atomic E-state index is 14.1. The number of nitrogens with two attached hydrogens (primary N) is 1. The van der Waals surface area contributed by atoms with E-state index in [4.69, 9.17) is 5.73 Å². The second-order valence-corrected chi connectivity index (χ2v) is 5.83. The molecule has 0 aromatic heterocycles. The van der Waals surface area contributed by atoms with Crippen LogP contribution in [0.5, 0.6) is 0 Å². The maximum Gasteiger partial charge on any atom is 0.131 e. The Balaban J connectivity index is 2.42. The van der Waals surface area contributed by atoms with Crippen molar-refractivity contribution in [2.45, 2.75) is 33.2 Å². The summed E-state index contributed by atoms with van der Waals surface area (Å²) in [5.41, 5.74) is 9.63. The smallest absolute Gasteiger partial charge is 0.131 e. The largest absolute Gasteiger partial charge is 0.324 e. The molecule has 106 valence electrons. The minimum atomic E-state index is -0.198. The summed E-state index contributed by atoms with van der Waals surface area (Å²) in [5.74, 6) is 0.390. The fourth-order valence-electron chi connectivity index (χ4n) is 2.38. The number of halogens is 1. The van der Waals surface area contributed by atoms with Crippen LogP contribution in [0.15, 0.2) is 42.5 Å². The number of benzene rings is 2. The van der Waals surface area contributed by atoms with Gasteiger partial charge in [0.05, 0.1) is 0 Å². The molecule has 2 heteroatoms. The van der Waals surface area contributed by atoms with Crippen molar-refractivity contribution >= 4 is 0 Å². The molecule has 1 unspecified atom stereocenters. The molecule has 0 aliphatic heterocycles. The van der Waals surface area contributed by atoms with Crippen LogP contribution in [0.25, 0.3) is 11.1 Å². The van der Waals surface area contributed by atoms with Gasteiger partial charge < -0.3 is 5.73 Å². The van der Waals surface area contributed by atoms with Gasteiger partial charge in [0, 0.05) is 11.6 Å². The van der Waals surface area contributed by atoms with E-state index < -0.39 is 0 Å². The van der Waals surface area contributed by atoms with Crippen molar-refractivity contribution in [1.29, 1.82) is 0 Å². The molecule has 0 saturated heterocycles. The second-order valence-electron chi connectivity index (χ2n) is 5.83. The van der Waals surface area contributed by atoms with Gasteiger partial charge in [-0.25, -0.2) is 4.39 Å². The Morgan fingerprint density at radius 3 is 2.45 bits per heavy atom. The summed E-state index contributed by atoms with van der Waals surface area (Å²) < 4.78 is 14.1. The van der Waals surface area contributed by atoms with E-state index in [1.54, 1.807) is 6.07 Å². The highest BCUT2D eigenvalue weighted by molar-refractivity contribution is 5.66. The van der Waals surface area contributed by atoms with E-state index in [1.165, 1.54) is 11.6 Å². The average Bonchev–Trinajstić information content (AvgIpc) is 2.38. The fourth-order valence-corrected chi connectivity index (χ4v) is 2.38. The summed E-state index contributed by atoms with van der Waals surface area (Å²) in [6, 6.07) is 13.1. The summed E-state index contributed by atoms with van der Waals surface area (Å²) in [6.45, 7) is 6.28. The Labute approximate surface area is 120 Å². The maximum absolute atomic E-state index is 14.1. The van der Waals surface area contributed by atoms with Crippen molar-refractivity contribution in [3.63, 3.8) is 0 Å². The average molecular weight is 271 g/mol. The van der Waals surface area contributed by atoms with Crippen LogP contribution in [0, 0.1) is 11.7 Å². The second kappa shape index (κ2) is 6.19. The molecule has 1 nitrogen and oxygen atoms in total. The predicted octanol–water partition coefficient (Wildman–Crippen LogP) is 4.71. The molecule has 2 aromatic carbocycles. The van der Waals surface area contributed by atoms with Crippen molar-refractivity contribution in [2.24, 2.45) is 11.7 Å². The molecule has 0 saturated carbocycles. The van der Waals surface area contributed by atoms with Gasteiger partial charge in [0.1, 0.15) is 5.82 Å². The van der Waals surface area contributed by atoms with E-state index in [2.05, 4.69) is 26.0 Å². The minimum absolute atomic E-state index is 0.0896. The van der Waals surface area contributed by atoms with Gasteiger partial charge in [-0.05, 0) is 48.1 Å². The molecule has 0 spiro atoms. The first kappa shape index (κ1) is 14.7. The lowest BCUT2D eigenvalue weighted by Crippen LogP contribution is -2.05. The molecule has 2 aromatic rings. The molecule has 20 heavy (non-hydrogen) atoms. The van der Waals surface area contributed by atoms with Crippen LogP contribution in [0.2, 0.25) is 0 Å². The molecule has 2 N–H and O–H groups in total. The SMILES string of the molecule is CC(C)Cc1cccc(-c2cc(C(C)N)ccc2F)c1. The van der Waals surface area contributed by atoms with Gasteiger partial charge in [-0.3, -0.25) is 0 Å². The van der Waals surface area contributed by atoms with E-state index in [9.17, 15) is 4.39 Å². The van der Waals surface area contributed by atoms with E-state index in [0.717, 1.165) is 17.5 Å². The van der Waals surface area contributed by atoms with E-state index >= 15 is 0 Å². The third kappa shape index (κ3) is 3.45. The van der Waals surface area contributed by atoms with Gasteiger partial charge in [0.25, 0.3) is 0 Å². The summed E-state index contributed by atoms with van der Waals surface area (Å²) in [5, 5.41) is 0. The highest BCUT2D eigenvalue weighted by Crippen LogP contribution is 2.27. The van der Waals surface area contributed by atoms with Crippen LogP contribution < -0.4 is 5.73 Å². The highest BCUT2D eigenvalue weighted by atomic mass is 19.1. The van der Waals surface area contributed by atoms with Crippen molar-refractivity contribution in [3.8, 4) is 11.1 Å².